The first-order valence-electron chi connectivity index (χ1n) is 6.60. The van der Waals surface area contributed by atoms with Crippen LogP contribution in [0.15, 0.2) is 41.3 Å². The molecule has 3 N–H and O–H groups in total. The SMILES string of the molecule is COc1ccc(-c2cnc3[nH]c(=O)n(CC(N)=O)c3c2)cc1. The van der Waals surface area contributed by atoms with Crippen molar-refractivity contribution in [2.75, 3.05) is 7.11 Å². The lowest BCUT2D eigenvalue weighted by atomic mass is 10.1. The number of primary amides is 1. The van der Waals surface area contributed by atoms with Crippen LogP contribution in [0.2, 0.25) is 0 Å². The lowest BCUT2D eigenvalue weighted by Gasteiger charge is -2.05. The third-order valence-electron chi connectivity index (χ3n) is 3.37. The highest BCUT2D eigenvalue weighted by Gasteiger charge is 2.11. The second-order valence-corrected chi connectivity index (χ2v) is 4.80. The Bertz CT molecular complexity index is 893. The zero-order chi connectivity index (χ0) is 15.7. The third kappa shape index (κ3) is 2.44. The number of rotatable bonds is 4. The number of imidazole rings is 1. The average molecular weight is 298 g/mol. The molecule has 0 atom stereocenters. The van der Waals surface area contributed by atoms with Crippen molar-refractivity contribution in [3.63, 3.8) is 0 Å². The van der Waals surface area contributed by atoms with E-state index in [1.807, 2.05) is 24.3 Å². The summed E-state index contributed by atoms with van der Waals surface area (Å²) in [5.41, 5.74) is 7.48. The van der Waals surface area contributed by atoms with Gasteiger partial charge in [0.2, 0.25) is 5.91 Å². The van der Waals surface area contributed by atoms with Gasteiger partial charge in [-0.25, -0.2) is 9.78 Å². The molecular weight excluding hydrogens is 284 g/mol. The number of ether oxygens (including phenoxy) is 1. The van der Waals surface area contributed by atoms with E-state index in [0.29, 0.717) is 11.2 Å². The molecule has 112 valence electrons. The predicted molar refractivity (Wildman–Crippen MR) is 81.5 cm³/mol. The van der Waals surface area contributed by atoms with Crippen LogP contribution in [0.5, 0.6) is 5.75 Å². The average Bonchev–Trinajstić information content (AvgIpc) is 2.82. The summed E-state index contributed by atoms with van der Waals surface area (Å²) in [5, 5.41) is 0. The quantitative estimate of drug-likeness (QED) is 0.746. The van der Waals surface area contributed by atoms with E-state index in [0.717, 1.165) is 16.9 Å². The molecule has 0 aliphatic rings. The largest absolute Gasteiger partial charge is 0.497 e. The van der Waals surface area contributed by atoms with Crippen molar-refractivity contribution in [1.82, 2.24) is 14.5 Å². The van der Waals surface area contributed by atoms with Gasteiger partial charge in [-0.2, -0.15) is 0 Å². The lowest BCUT2D eigenvalue weighted by molar-refractivity contribution is -0.118. The van der Waals surface area contributed by atoms with Crippen LogP contribution in [0.1, 0.15) is 0 Å². The molecule has 7 heteroatoms. The van der Waals surface area contributed by atoms with E-state index in [4.69, 9.17) is 10.5 Å². The Morgan fingerprint density at radius 1 is 1.32 bits per heavy atom. The van der Waals surface area contributed by atoms with Crippen LogP contribution < -0.4 is 16.2 Å². The van der Waals surface area contributed by atoms with Crippen molar-refractivity contribution in [3.05, 3.63) is 47.0 Å². The number of amides is 1. The molecule has 0 unspecified atom stereocenters. The Labute approximate surface area is 125 Å². The first-order valence-corrected chi connectivity index (χ1v) is 6.60. The minimum atomic E-state index is -0.585. The summed E-state index contributed by atoms with van der Waals surface area (Å²) in [7, 11) is 1.60. The lowest BCUT2D eigenvalue weighted by Crippen LogP contribution is -2.26. The van der Waals surface area contributed by atoms with Crippen LogP contribution in [0.25, 0.3) is 22.3 Å². The zero-order valence-electron chi connectivity index (χ0n) is 11.9. The van der Waals surface area contributed by atoms with Gasteiger partial charge in [0.05, 0.1) is 12.6 Å². The molecule has 0 spiro atoms. The van der Waals surface area contributed by atoms with Gasteiger partial charge < -0.3 is 10.5 Å². The number of aromatic amines is 1. The van der Waals surface area contributed by atoms with E-state index >= 15 is 0 Å². The summed E-state index contributed by atoms with van der Waals surface area (Å²) in [6.45, 7) is -0.188. The van der Waals surface area contributed by atoms with Gasteiger partial charge in [-0.3, -0.25) is 14.3 Å². The maximum Gasteiger partial charge on any atom is 0.328 e. The van der Waals surface area contributed by atoms with Crippen molar-refractivity contribution < 1.29 is 9.53 Å². The number of nitrogens with one attached hydrogen (secondary N) is 1. The number of methoxy groups -OCH3 is 1. The van der Waals surface area contributed by atoms with E-state index in [1.54, 1.807) is 19.4 Å². The first-order chi connectivity index (χ1) is 10.6. The highest BCUT2D eigenvalue weighted by molar-refractivity contribution is 5.81. The zero-order valence-corrected chi connectivity index (χ0v) is 11.9. The number of pyridine rings is 1. The Kier molecular flexibility index (Phi) is 3.38. The minimum absolute atomic E-state index is 0.188. The molecule has 0 radical (unpaired) electrons. The fraction of sp³-hybridized carbons (Fsp3) is 0.133. The van der Waals surface area contributed by atoms with Crippen LogP contribution in [-0.2, 0) is 11.3 Å². The molecule has 0 saturated heterocycles. The maximum atomic E-state index is 11.8. The number of nitrogens with two attached hydrogens (primary N) is 1. The monoisotopic (exact) mass is 298 g/mol. The first kappa shape index (κ1) is 13.9. The summed E-state index contributed by atoms with van der Waals surface area (Å²) < 4.78 is 6.40. The Morgan fingerprint density at radius 3 is 2.68 bits per heavy atom. The number of hydrogen-bond acceptors (Lipinski definition) is 4. The second-order valence-electron chi connectivity index (χ2n) is 4.80. The van der Waals surface area contributed by atoms with Gasteiger partial charge in [0, 0.05) is 11.8 Å². The van der Waals surface area contributed by atoms with E-state index in [9.17, 15) is 9.59 Å². The summed E-state index contributed by atoms with van der Waals surface area (Å²) in [6, 6.07) is 9.26. The molecule has 2 aromatic heterocycles. The number of fused-ring (bicyclic) bond motifs is 1. The molecule has 3 aromatic rings. The fourth-order valence-corrected chi connectivity index (χ4v) is 2.29. The normalized spacial score (nSPS) is 10.8. The fourth-order valence-electron chi connectivity index (χ4n) is 2.29. The highest BCUT2D eigenvalue weighted by Crippen LogP contribution is 2.23. The molecule has 7 nitrogen and oxygen atoms in total. The molecule has 0 fully saturated rings. The molecule has 0 aliphatic heterocycles. The van der Waals surface area contributed by atoms with Gasteiger partial charge in [0.15, 0.2) is 5.65 Å². The number of aromatic nitrogens is 3. The summed E-state index contributed by atoms with van der Waals surface area (Å²) in [5.74, 6) is 0.169. The van der Waals surface area contributed by atoms with Gasteiger partial charge in [0.1, 0.15) is 12.3 Å². The van der Waals surface area contributed by atoms with E-state index in [2.05, 4.69) is 9.97 Å². The van der Waals surface area contributed by atoms with E-state index in [-0.39, 0.29) is 6.54 Å². The smallest absolute Gasteiger partial charge is 0.328 e. The van der Waals surface area contributed by atoms with Crippen molar-refractivity contribution >= 4 is 17.1 Å². The van der Waals surface area contributed by atoms with Crippen LogP contribution in [0.3, 0.4) is 0 Å². The van der Waals surface area contributed by atoms with Crippen LogP contribution >= 0.6 is 0 Å². The summed E-state index contributed by atoms with van der Waals surface area (Å²) in [6.07, 6.45) is 1.66. The highest BCUT2D eigenvalue weighted by atomic mass is 16.5. The van der Waals surface area contributed by atoms with Crippen LogP contribution in [0, 0.1) is 0 Å². The number of H-pyrrole nitrogens is 1. The van der Waals surface area contributed by atoms with Crippen molar-refractivity contribution in [1.29, 1.82) is 0 Å². The molecular formula is C15H14N4O3. The molecule has 22 heavy (non-hydrogen) atoms. The van der Waals surface area contributed by atoms with Gasteiger partial charge >= 0.3 is 5.69 Å². The molecule has 2 heterocycles. The van der Waals surface area contributed by atoms with Gasteiger partial charge in [0.25, 0.3) is 0 Å². The molecule has 1 amide bonds. The molecule has 3 rings (SSSR count). The van der Waals surface area contributed by atoms with Gasteiger partial charge in [-0.1, -0.05) is 12.1 Å². The minimum Gasteiger partial charge on any atom is -0.497 e. The van der Waals surface area contributed by atoms with Gasteiger partial charge in [-0.15, -0.1) is 0 Å². The number of nitrogens with zero attached hydrogens (tertiary/aromatic N) is 2. The molecule has 0 aliphatic carbocycles. The summed E-state index contributed by atoms with van der Waals surface area (Å²) in [4.78, 5) is 29.8. The Hall–Kier alpha value is -3.09. The molecule has 0 bridgehead atoms. The molecule has 1 aromatic carbocycles. The number of benzene rings is 1. The van der Waals surface area contributed by atoms with Crippen molar-refractivity contribution in [2.24, 2.45) is 5.73 Å². The van der Waals surface area contributed by atoms with E-state index in [1.165, 1.54) is 4.57 Å². The summed E-state index contributed by atoms with van der Waals surface area (Å²) >= 11 is 0. The predicted octanol–water partition coefficient (Wildman–Crippen LogP) is 0.885. The van der Waals surface area contributed by atoms with E-state index < -0.39 is 11.6 Å². The van der Waals surface area contributed by atoms with Crippen LogP contribution in [0.4, 0.5) is 0 Å². The molecule has 0 saturated carbocycles. The van der Waals surface area contributed by atoms with Gasteiger partial charge in [-0.05, 0) is 23.8 Å². The Balaban J connectivity index is 2.11. The topological polar surface area (TPSA) is 103 Å². The maximum absolute atomic E-state index is 11.8. The number of carbonyl (C=O) groups is 1. The standard InChI is InChI=1S/C15H14N4O3/c1-22-11-4-2-9(3-5-11)10-6-12-14(17-7-10)18-15(21)19(12)8-13(16)20/h2-7H,8H2,1H3,(H2,16,20)(H,17,18,21). The van der Waals surface area contributed by atoms with Crippen molar-refractivity contribution in [3.8, 4) is 16.9 Å². The second kappa shape index (κ2) is 5.36. The van der Waals surface area contributed by atoms with Crippen molar-refractivity contribution in [2.45, 2.75) is 6.54 Å². The Morgan fingerprint density at radius 2 is 2.05 bits per heavy atom. The third-order valence-corrected chi connectivity index (χ3v) is 3.37. The number of hydrogen-bond donors (Lipinski definition) is 2. The van der Waals surface area contributed by atoms with Crippen LogP contribution in [-0.4, -0.2) is 27.6 Å². The number of carbonyl (C=O) groups excluding carboxylic acids is 1.